The molecule has 7 heteroatoms. The Kier molecular flexibility index (Phi) is 5.13. The number of hydrogen-bond acceptors (Lipinski definition) is 6. The monoisotopic (exact) mass is 330 g/mol. The van der Waals surface area contributed by atoms with Gasteiger partial charge in [0.1, 0.15) is 0 Å². The number of aromatic amines is 1. The molecule has 0 fully saturated rings. The van der Waals surface area contributed by atoms with E-state index < -0.39 is 24.3 Å². The van der Waals surface area contributed by atoms with E-state index >= 15 is 0 Å². The molecular weight excluding hydrogens is 312 g/mol. The molecule has 0 aliphatic rings. The standard InChI is InChI=1S/C17H18N2O5/c1-9-5-6-12(7-18-9)16(21)24-8-13(20)15-10(2)14(11(3)19-15)17(22)23-4/h5-7,19H,8H2,1-4H3. The number of carbonyl (C=O) groups is 3. The van der Waals surface area contributed by atoms with Crippen molar-refractivity contribution < 1.29 is 23.9 Å². The first-order valence-corrected chi connectivity index (χ1v) is 7.25. The van der Waals surface area contributed by atoms with Gasteiger partial charge in [0.25, 0.3) is 0 Å². The van der Waals surface area contributed by atoms with Crippen LogP contribution in [0.15, 0.2) is 18.3 Å². The van der Waals surface area contributed by atoms with E-state index in [2.05, 4.69) is 9.97 Å². The van der Waals surface area contributed by atoms with Crippen molar-refractivity contribution >= 4 is 17.7 Å². The number of methoxy groups -OCH3 is 1. The highest BCUT2D eigenvalue weighted by Crippen LogP contribution is 2.19. The third-order valence-corrected chi connectivity index (χ3v) is 3.59. The van der Waals surface area contributed by atoms with Gasteiger partial charge < -0.3 is 14.5 Å². The van der Waals surface area contributed by atoms with Crippen molar-refractivity contribution in [3.63, 3.8) is 0 Å². The summed E-state index contributed by atoms with van der Waals surface area (Å²) in [6, 6.07) is 3.26. The predicted molar refractivity (Wildman–Crippen MR) is 85.2 cm³/mol. The summed E-state index contributed by atoms with van der Waals surface area (Å²) in [5, 5.41) is 0. The van der Waals surface area contributed by atoms with Gasteiger partial charge in [-0.2, -0.15) is 0 Å². The van der Waals surface area contributed by atoms with E-state index in [9.17, 15) is 14.4 Å². The largest absolute Gasteiger partial charge is 0.465 e. The summed E-state index contributed by atoms with van der Waals surface area (Å²) in [4.78, 5) is 42.7. The Morgan fingerprint density at radius 2 is 1.83 bits per heavy atom. The fraction of sp³-hybridized carbons (Fsp3) is 0.294. The van der Waals surface area contributed by atoms with E-state index in [1.807, 2.05) is 0 Å². The van der Waals surface area contributed by atoms with Gasteiger partial charge in [0, 0.05) is 17.6 Å². The number of aromatic nitrogens is 2. The fourth-order valence-corrected chi connectivity index (χ4v) is 2.31. The van der Waals surface area contributed by atoms with Crippen molar-refractivity contribution in [2.75, 3.05) is 13.7 Å². The zero-order valence-electron chi connectivity index (χ0n) is 13.9. The number of pyridine rings is 1. The molecule has 2 rings (SSSR count). The van der Waals surface area contributed by atoms with E-state index in [1.165, 1.54) is 13.3 Å². The highest BCUT2D eigenvalue weighted by molar-refractivity contribution is 6.03. The van der Waals surface area contributed by atoms with Crippen molar-refractivity contribution in [2.24, 2.45) is 0 Å². The Balaban J connectivity index is 2.09. The molecule has 2 heterocycles. The Morgan fingerprint density at radius 1 is 1.12 bits per heavy atom. The second-order valence-electron chi connectivity index (χ2n) is 5.30. The number of carbonyl (C=O) groups excluding carboxylic acids is 3. The van der Waals surface area contributed by atoms with Gasteiger partial charge in [0.15, 0.2) is 6.61 Å². The number of H-pyrrole nitrogens is 1. The van der Waals surface area contributed by atoms with Gasteiger partial charge in [0.05, 0.1) is 23.9 Å². The summed E-state index contributed by atoms with van der Waals surface area (Å²) >= 11 is 0. The number of ketones is 1. The van der Waals surface area contributed by atoms with E-state index in [1.54, 1.807) is 32.9 Å². The molecule has 2 aromatic rings. The van der Waals surface area contributed by atoms with Crippen LogP contribution in [-0.2, 0) is 9.47 Å². The number of Topliss-reactive ketones (excluding diaryl/α,β-unsaturated/α-hetero) is 1. The first-order chi connectivity index (χ1) is 11.3. The number of esters is 2. The molecule has 0 bridgehead atoms. The van der Waals surface area contributed by atoms with Crippen molar-refractivity contribution in [2.45, 2.75) is 20.8 Å². The normalized spacial score (nSPS) is 10.3. The van der Waals surface area contributed by atoms with Crippen molar-refractivity contribution in [3.8, 4) is 0 Å². The molecule has 126 valence electrons. The summed E-state index contributed by atoms with van der Waals surface area (Å²) in [5.41, 5.74) is 2.57. The number of nitrogens with one attached hydrogen (secondary N) is 1. The zero-order valence-corrected chi connectivity index (χ0v) is 13.9. The van der Waals surface area contributed by atoms with Crippen LogP contribution in [0.5, 0.6) is 0 Å². The summed E-state index contributed by atoms with van der Waals surface area (Å²) < 4.78 is 9.70. The summed E-state index contributed by atoms with van der Waals surface area (Å²) in [5.74, 6) is -1.59. The Bertz CT molecular complexity index is 790. The minimum atomic E-state index is -0.634. The second-order valence-corrected chi connectivity index (χ2v) is 5.30. The van der Waals surface area contributed by atoms with Crippen LogP contribution in [-0.4, -0.2) is 41.4 Å². The van der Waals surface area contributed by atoms with Gasteiger partial charge in [0.2, 0.25) is 5.78 Å². The van der Waals surface area contributed by atoms with E-state index in [0.29, 0.717) is 16.8 Å². The van der Waals surface area contributed by atoms with Gasteiger partial charge in [-0.15, -0.1) is 0 Å². The molecule has 2 aromatic heterocycles. The topological polar surface area (TPSA) is 98.4 Å². The average molecular weight is 330 g/mol. The number of ether oxygens (including phenoxy) is 2. The average Bonchev–Trinajstić information content (AvgIpc) is 2.87. The predicted octanol–water partition coefficient (Wildman–Crippen LogP) is 2.16. The van der Waals surface area contributed by atoms with Crippen LogP contribution in [0.3, 0.4) is 0 Å². The summed E-state index contributed by atoms with van der Waals surface area (Å²) in [6.07, 6.45) is 1.39. The van der Waals surface area contributed by atoms with Crippen LogP contribution >= 0.6 is 0 Å². The Morgan fingerprint density at radius 3 is 2.42 bits per heavy atom. The van der Waals surface area contributed by atoms with Crippen molar-refractivity contribution in [1.29, 1.82) is 0 Å². The quantitative estimate of drug-likeness (QED) is 0.666. The molecule has 0 spiro atoms. The maximum absolute atomic E-state index is 12.3. The smallest absolute Gasteiger partial charge is 0.340 e. The Hall–Kier alpha value is -2.96. The van der Waals surface area contributed by atoms with Gasteiger partial charge >= 0.3 is 11.9 Å². The molecule has 24 heavy (non-hydrogen) atoms. The van der Waals surface area contributed by atoms with Crippen LogP contribution < -0.4 is 0 Å². The van der Waals surface area contributed by atoms with Crippen LogP contribution in [0.2, 0.25) is 0 Å². The SMILES string of the molecule is COC(=O)c1c(C)[nH]c(C(=O)COC(=O)c2ccc(C)nc2)c1C. The van der Waals surface area contributed by atoms with E-state index in [4.69, 9.17) is 9.47 Å². The lowest BCUT2D eigenvalue weighted by molar-refractivity contribution is 0.0472. The second kappa shape index (κ2) is 7.08. The van der Waals surface area contributed by atoms with Gasteiger partial charge in [-0.05, 0) is 38.5 Å². The number of rotatable bonds is 5. The third kappa shape index (κ3) is 3.51. The van der Waals surface area contributed by atoms with Gasteiger partial charge in [-0.3, -0.25) is 9.78 Å². The zero-order chi connectivity index (χ0) is 17.9. The highest BCUT2D eigenvalue weighted by Gasteiger charge is 2.23. The number of nitrogens with zero attached hydrogens (tertiary/aromatic N) is 1. The van der Waals surface area contributed by atoms with Crippen molar-refractivity contribution in [1.82, 2.24) is 9.97 Å². The maximum Gasteiger partial charge on any atom is 0.340 e. The molecule has 0 aliphatic carbocycles. The lowest BCUT2D eigenvalue weighted by atomic mass is 10.1. The molecular formula is C17H18N2O5. The first kappa shape index (κ1) is 17.4. The molecule has 0 saturated carbocycles. The van der Waals surface area contributed by atoms with Crippen molar-refractivity contribution in [3.05, 3.63) is 52.1 Å². The van der Waals surface area contributed by atoms with Crippen LogP contribution in [0, 0.1) is 20.8 Å². The molecule has 0 unspecified atom stereocenters. The molecule has 0 atom stereocenters. The van der Waals surface area contributed by atoms with Crippen LogP contribution in [0.1, 0.15) is 48.2 Å². The van der Waals surface area contributed by atoms with E-state index in [-0.39, 0.29) is 11.3 Å². The third-order valence-electron chi connectivity index (χ3n) is 3.59. The highest BCUT2D eigenvalue weighted by atomic mass is 16.5. The molecule has 0 aromatic carbocycles. The van der Waals surface area contributed by atoms with Crippen LogP contribution in [0.25, 0.3) is 0 Å². The number of aryl methyl sites for hydroxylation is 2. The molecule has 0 aliphatic heterocycles. The van der Waals surface area contributed by atoms with E-state index in [0.717, 1.165) is 5.69 Å². The van der Waals surface area contributed by atoms with Gasteiger partial charge in [-0.1, -0.05) is 0 Å². The first-order valence-electron chi connectivity index (χ1n) is 7.25. The maximum atomic E-state index is 12.3. The minimum Gasteiger partial charge on any atom is -0.465 e. The summed E-state index contributed by atoms with van der Waals surface area (Å²) in [7, 11) is 1.27. The Labute approximate surface area is 139 Å². The lowest BCUT2D eigenvalue weighted by Gasteiger charge is -2.04. The lowest BCUT2D eigenvalue weighted by Crippen LogP contribution is -2.16. The minimum absolute atomic E-state index is 0.225. The molecule has 0 saturated heterocycles. The molecule has 0 radical (unpaired) electrons. The molecule has 0 amide bonds. The molecule has 1 N–H and O–H groups in total. The number of hydrogen-bond donors (Lipinski definition) is 1. The van der Waals surface area contributed by atoms with Crippen LogP contribution in [0.4, 0.5) is 0 Å². The molecule has 7 nitrogen and oxygen atoms in total. The fourth-order valence-electron chi connectivity index (χ4n) is 2.31. The summed E-state index contributed by atoms with van der Waals surface area (Å²) in [6.45, 7) is 4.66. The van der Waals surface area contributed by atoms with Gasteiger partial charge in [-0.25, -0.2) is 9.59 Å².